The van der Waals surface area contributed by atoms with Crippen LogP contribution < -0.4 is 10.0 Å². The molecule has 0 aliphatic rings. The SMILES string of the molecule is CCCCCCNS(=O)(=O)c1ccc(NC(=O)c2cc([N+](=O)[O-])cc([N+](=O)[O-])c2)cc1. The number of nitro benzene ring substituents is 2. The number of carbonyl (C=O) groups is 1. The number of hydrogen-bond donors (Lipinski definition) is 2. The van der Waals surface area contributed by atoms with Crippen molar-refractivity contribution in [3.05, 3.63) is 68.3 Å². The van der Waals surface area contributed by atoms with E-state index in [9.17, 15) is 33.4 Å². The van der Waals surface area contributed by atoms with Gasteiger partial charge in [0.1, 0.15) is 0 Å². The number of non-ortho nitro benzene ring substituents is 2. The van der Waals surface area contributed by atoms with Crippen LogP contribution in [0.15, 0.2) is 47.4 Å². The van der Waals surface area contributed by atoms with E-state index in [0.717, 1.165) is 43.9 Å². The van der Waals surface area contributed by atoms with E-state index in [1.54, 1.807) is 0 Å². The van der Waals surface area contributed by atoms with Crippen LogP contribution in [-0.2, 0) is 10.0 Å². The van der Waals surface area contributed by atoms with E-state index in [0.29, 0.717) is 6.54 Å². The first-order chi connectivity index (χ1) is 14.6. The van der Waals surface area contributed by atoms with Crippen molar-refractivity contribution in [2.75, 3.05) is 11.9 Å². The van der Waals surface area contributed by atoms with E-state index >= 15 is 0 Å². The lowest BCUT2D eigenvalue weighted by atomic mass is 10.1. The molecular formula is C19H22N4O7S. The zero-order chi connectivity index (χ0) is 23.0. The van der Waals surface area contributed by atoms with Gasteiger partial charge < -0.3 is 5.32 Å². The van der Waals surface area contributed by atoms with Crippen molar-refractivity contribution in [1.29, 1.82) is 0 Å². The van der Waals surface area contributed by atoms with Gasteiger partial charge in [-0.2, -0.15) is 0 Å². The van der Waals surface area contributed by atoms with Crippen LogP contribution in [0.1, 0.15) is 43.0 Å². The Morgan fingerprint density at radius 1 is 0.935 bits per heavy atom. The molecule has 1 amide bonds. The predicted molar refractivity (Wildman–Crippen MR) is 113 cm³/mol. The van der Waals surface area contributed by atoms with Crippen LogP contribution in [-0.4, -0.2) is 30.7 Å². The molecule has 12 heteroatoms. The van der Waals surface area contributed by atoms with Crippen molar-refractivity contribution in [1.82, 2.24) is 4.72 Å². The Balaban J connectivity index is 2.10. The third-order valence-corrected chi connectivity index (χ3v) is 5.81. The molecule has 0 radical (unpaired) electrons. The number of unbranched alkanes of at least 4 members (excludes halogenated alkanes) is 3. The van der Waals surface area contributed by atoms with Crippen molar-refractivity contribution in [3.63, 3.8) is 0 Å². The minimum absolute atomic E-state index is 0.0203. The molecule has 0 spiro atoms. The molecule has 0 saturated heterocycles. The lowest BCUT2D eigenvalue weighted by Crippen LogP contribution is -2.24. The minimum atomic E-state index is -3.69. The fourth-order valence-electron chi connectivity index (χ4n) is 2.70. The Morgan fingerprint density at radius 3 is 2.03 bits per heavy atom. The Morgan fingerprint density at radius 2 is 1.52 bits per heavy atom. The molecule has 0 aromatic heterocycles. The summed E-state index contributed by atoms with van der Waals surface area (Å²) in [6.45, 7) is 2.39. The molecule has 31 heavy (non-hydrogen) atoms. The van der Waals surface area contributed by atoms with Crippen LogP contribution in [0.4, 0.5) is 17.1 Å². The maximum absolute atomic E-state index is 12.4. The summed E-state index contributed by atoms with van der Waals surface area (Å²) in [4.78, 5) is 32.6. The summed E-state index contributed by atoms with van der Waals surface area (Å²) in [5, 5.41) is 24.3. The van der Waals surface area contributed by atoms with Crippen LogP contribution in [0.25, 0.3) is 0 Å². The summed E-state index contributed by atoms with van der Waals surface area (Å²) in [6, 6.07) is 7.92. The second-order valence-corrected chi connectivity index (χ2v) is 8.46. The van der Waals surface area contributed by atoms with Gasteiger partial charge in [-0.05, 0) is 30.7 Å². The van der Waals surface area contributed by atoms with Gasteiger partial charge in [0, 0.05) is 24.4 Å². The highest BCUT2D eigenvalue weighted by Gasteiger charge is 2.20. The van der Waals surface area contributed by atoms with Crippen molar-refractivity contribution in [2.24, 2.45) is 0 Å². The highest BCUT2D eigenvalue weighted by molar-refractivity contribution is 7.89. The Labute approximate surface area is 178 Å². The molecular weight excluding hydrogens is 428 g/mol. The Bertz CT molecular complexity index is 1040. The molecule has 0 atom stereocenters. The quantitative estimate of drug-likeness (QED) is 0.300. The molecule has 0 aliphatic carbocycles. The molecule has 0 bridgehead atoms. The number of nitrogens with one attached hydrogen (secondary N) is 2. The summed E-state index contributed by atoms with van der Waals surface area (Å²) in [6.07, 6.45) is 3.74. The fourth-order valence-corrected chi connectivity index (χ4v) is 3.77. The van der Waals surface area contributed by atoms with Crippen molar-refractivity contribution < 1.29 is 23.1 Å². The Kier molecular flexibility index (Phi) is 8.16. The molecule has 2 N–H and O–H groups in total. The summed E-state index contributed by atoms with van der Waals surface area (Å²) >= 11 is 0. The van der Waals surface area contributed by atoms with Gasteiger partial charge >= 0.3 is 0 Å². The summed E-state index contributed by atoms with van der Waals surface area (Å²) in [5.41, 5.74) is -1.23. The first-order valence-corrected chi connectivity index (χ1v) is 11.0. The van der Waals surface area contributed by atoms with E-state index in [1.807, 2.05) is 0 Å². The first-order valence-electron chi connectivity index (χ1n) is 9.49. The van der Waals surface area contributed by atoms with Gasteiger partial charge in [0.15, 0.2) is 0 Å². The average Bonchev–Trinajstić information content (AvgIpc) is 2.73. The van der Waals surface area contributed by atoms with E-state index < -0.39 is 37.2 Å². The van der Waals surface area contributed by atoms with E-state index in [2.05, 4.69) is 17.0 Å². The highest BCUT2D eigenvalue weighted by atomic mass is 32.2. The topological polar surface area (TPSA) is 162 Å². The van der Waals surface area contributed by atoms with Gasteiger partial charge in [-0.3, -0.25) is 25.0 Å². The zero-order valence-electron chi connectivity index (χ0n) is 16.7. The van der Waals surface area contributed by atoms with Crippen LogP contribution in [0.3, 0.4) is 0 Å². The molecule has 0 aliphatic heterocycles. The highest BCUT2D eigenvalue weighted by Crippen LogP contribution is 2.23. The van der Waals surface area contributed by atoms with E-state index in [-0.39, 0.29) is 16.1 Å². The number of nitro groups is 2. The number of benzene rings is 2. The lowest BCUT2D eigenvalue weighted by molar-refractivity contribution is -0.394. The average molecular weight is 450 g/mol. The molecule has 0 heterocycles. The predicted octanol–water partition coefficient (Wildman–Crippen LogP) is 3.61. The summed E-state index contributed by atoms with van der Waals surface area (Å²) in [5.74, 6) is -0.809. The van der Waals surface area contributed by atoms with Gasteiger partial charge in [0.05, 0.1) is 26.4 Å². The van der Waals surface area contributed by atoms with Crippen LogP contribution in [0, 0.1) is 20.2 Å². The molecule has 11 nitrogen and oxygen atoms in total. The Hall–Kier alpha value is -3.38. The molecule has 2 aromatic carbocycles. The van der Waals surface area contributed by atoms with Gasteiger partial charge in [0.25, 0.3) is 17.3 Å². The van der Waals surface area contributed by atoms with Crippen molar-refractivity contribution >= 4 is 33.0 Å². The van der Waals surface area contributed by atoms with Gasteiger partial charge in [0.2, 0.25) is 10.0 Å². The monoisotopic (exact) mass is 450 g/mol. The third-order valence-electron chi connectivity index (χ3n) is 4.33. The second-order valence-electron chi connectivity index (χ2n) is 6.69. The summed E-state index contributed by atoms with van der Waals surface area (Å²) < 4.78 is 27.1. The van der Waals surface area contributed by atoms with Gasteiger partial charge in [-0.25, -0.2) is 13.1 Å². The zero-order valence-corrected chi connectivity index (χ0v) is 17.6. The molecule has 0 saturated carbocycles. The van der Waals surface area contributed by atoms with Crippen LogP contribution in [0.2, 0.25) is 0 Å². The number of carbonyl (C=O) groups excluding carboxylic acids is 1. The molecule has 166 valence electrons. The van der Waals surface area contributed by atoms with Crippen molar-refractivity contribution in [3.8, 4) is 0 Å². The number of anilines is 1. The standard InChI is InChI=1S/C19H22N4O7S/c1-2-3-4-5-10-20-31(29,30)18-8-6-15(7-9-18)21-19(24)14-11-16(22(25)26)13-17(12-14)23(27)28/h6-9,11-13,20H,2-5,10H2,1H3,(H,21,24). The van der Waals surface area contributed by atoms with E-state index in [1.165, 1.54) is 24.3 Å². The smallest absolute Gasteiger partial charge is 0.277 e. The normalized spacial score (nSPS) is 11.1. The molecule has 2 rings (SSSR count). The minimum Gasteiger partial charge on any atom is -0.322 e. The number of hydrogen-bond acceptors (Lipinski definition) is 7. The number of rotatable bonds is 11. The second kappa shape index (κ2) is 10.6. The van der Waals surface area contributed by atoms with Crippen molar-refractivity contribution in [2.45, 2.75) is 37.5 Å². The third kappa shape index (κ3) is 6.83. The van der Waals surface area contributed by atoms with Gasteiger partial charge in [-0.1, -0.05) is 26.2 Å². The maximum atomic E-state index is 12.4. The molecule has 2 aromatic rings. The number of nitrogens with zero attached hydrogens (tertiary/aromatic N) is 2. The largest absolute Gasteiger partial charge is 0.322 e. The first kappa shape index (κ1) is 23.9. The number of sulfonamides is 1. The lowest BCUT2D eigenvalue weighted by Gasteiger charge is -2.09. The molecule has 0 fully saturated rings. The van der Waals surface area contributed by atoms with Crippen LogP contribution in [0.5, 0.6) is 0 Å². The van der Waals surface area contributed by atoms with Gasteiger partial charge in [-0.15, -0.1) is 0 Å². The molecule has 0 unspecified atom stereocenters. The number of amides is 1. The maximum Gasteiger partial charge on any atom is 0.277 e. The fraction of sp³-hybridized carbons (Fsp3) is 0.316. The summed E-state index contributed by atoms with van der Waals surface area (Å²) in [7, 11) is -3.69. The van der Waals surface area contributed by atoms with E-state index in [4.69, 9.17) is 0 Å². The van der Waals surface area contributed by atoms with Crippen LogP contribution >= 0.6 is 0 Å².